The average Bonchev–Trinajstić information content (AvgIpc) is 2.78. The third-order valence-electron chi connectivity index (χ3n) is 4.53. The van der Waals surface area contributed by atoms with E-state index in [4.69, 9.17) is 5.73 Å². The average molecular weight is 459 g/mol. The monoisotopic (exact) mass is 459 g/mol. The van der Waals surface area contributed by atoms with Crippen LogP contribution in [0.1, 0.15) is 51.4 Å². The molecular weight excluding hydrogens is 435 g/mol. The maximum absolute atomic E-state index is 12.9. The first-order chi connectivity index (χ1) is 15.6. The molecule has 3 aromatic rings. The molecule has 174 valence electrons. The molecule has 0 spiro atoms. The number of hydrogen-bond acceptors (Lipinski definition) is 5. The fourth-order valence-corrected chi connectivity index (χ4v) is 2.75. The molecular formula is C23H24F3N5O2. The Morgan fingerprint density at radius 3 is 2.30 bits per heavy atom. The van der Waals surface area contributed by atoms with Gasteiger partial charge in [-0.3, -0.25) is 9.59 Å². The fraction of sp³-hybridized carbons (Fsp3) is 0.217. The molecule has 0 aliphatic carbocycles. The standard InChI is InChI=1S/C21H18F3N5O2.C2H6/c1-11-6-7-13(19(30)28-15-5-3-4-14(9-15)21(22,23)24)8-16(11)29-20(31)17-12(2)18(25)27-10-26-17;1-2/h3-10H,1-2H3,(H,28,30)(H,29,31)(H2,25,26,27);1-2H3. The minimum atomic E-state index is -4.52. The van der Waals surface area contributed by atoms with Gasteiger partial charge in [-0.1, -0.05) is 26.0 Å². The predicted octanol–water partition coefficient (Wildman–Crippen LogP) is 5.23. The molecule has 33 heavy (non-hydrogen) atoms. The highest BCUT2D eigenvalue weighted by Crippen LogP contribution is 2.31. The number of aromatic nitrogens is 2. The summed E-state index contributed by atoms with van der Waals surface area (Å²) in [6, 6.07) is 8.85. The molecule has 0 unspecified atom stereocenters. The van der Waals surface area contributed by atoms with Crippen molar-refractivity contribution >= 4 is 29.0 Å². The van der Waals surface area contributed by atoms with Crippen LogP contribution in [0.2, 0.25) is 0 Å². The largest absolute Gasteiger partial charge is 0.416 e. The van der Waals surface area contributed by atoms with Crippen LogP contribution in [-0.2, 0) is 6.18 Å². The third kappa shape index (κ3) is 6.28. The number of alkyl halides is 3. The van der Waals surface area contributed by atoms with E-state index in [0.29, 0.717) is 16.8 Å². The molecule has 0 aliphatic rings. The molecule has 3 rings (SSSR count). The predicted molar refractivity (Wildman–Crippen MR) is 121 cm³/mol. The molecule has 0 aliphatic heterocycles. The number of nitrogens with two attached hydrogens (primary N) is 1. The molecule has 1 heterocycles. The molecule has 0 saturated carbocycles. The van der Waals surface area contributed by atoms with Gasteiger partial charge in [-0.15, -0.1) is 0 Å². The number of aryl methyl sites for hydroxylation is 1. The van der Waals surface area contributed by atoms with Crippen LogP contribution in [-0.4, -0.2) is 21.8 Å². The van der Waals surface area contributed by atoms with Crippen LogP contribution in [0, 0.1) is 13.8 Å². The molecule has 0 fully saturated rings. The lowest BCUT2D eigenvalue weighted by Crippen LogP contribution is -2.18. The number of halogens is 3. The molecule has 7 nitrogen and oxygen atoms in total. The van der Waals surface area contributed by atoms with Gasteiger partial charge < -0.3 is 16.4 Å². The van der Waals surface area contributed by atoms with Crippen molar-refractivity contribution in [3.8, 4) is 0 Å². The number of nitrogens with zero attached hydrogens (tertiary/aromatic N) is 2. The number of benzene rings is 2. The van der Waals surface area contributed by atoms with E-state index in [2.05, 4.69) is 20.6 Å². The minimum Gasteiger partial charge on any atom is -0.383 e. The van der Waals surface area contributed by atoms with Gasteiger partial charge in [0.2, 0.25) is 0 Å². The Morgan fingerprint density at radius 1 is 0.939 bits per heavy atom. The number of hydrogen-bond donors (Lipinski definition) is 3. The van der Waals surface area contributed by atoms with E-state index < -0.39 is 23.6 Å². The van der Waals surface area contributed by atoms with Crippen molar-refractivity contribution in [1.82, 2.24) is 9.97 Å². The molecule has 1 aromatic heterocycles. The van der Waals surface area contributed by atoms with Crippen molar-refractivity contribution in [2.75, 3.05) is 16.4 Å². The van der Waals surface area contributed by atoms with Crippen molar-refractivity contribution in [2.45, 2.75) is 33.9 Å². The van der Waals surface area contributed by atoms with Crippen LogP contribution in [0.3, 0.4) is 0 Å². The smallest absolute Gasteiger partial charge is 0.383 e. The van der Waals surface area contributed by atoms with Gasteiger partial charge in [0, 0.05) is 22.5 Å². The van der Waals surface area contributed by atoms with Crippen molar-refractivity contribution in [3.05, 3.63) is 76.7 Å². The summed E-state index contributed by atoms with van der Waals surface area (Å²) in [5.74, 6) is -0.992. The Morgan fingerprint density at radius 2 is 1.64 bits per heavy atom. The van der Waals surface area contributed by atoms with Gasteiger partial charge in [-0.05, 0) is 49.7 Å². The van der Waals surface area contributed by atoms with Crippen LogP contribution < -0.4 is 16.4 Å². The van der Waals surface area contributed by atoms with Crippen LogP contribution in [0.25, 0.3) is 0 Å². The number of anilines is 3. The van der Waals surface area contributed by atoms with Crippen LogP contribution in [0.4, 0.5) is 30.4 Å². The number of carbonyl (C=O) groups is 2. The summed E-state index contributed by atoms with van der Waals surface area (Å²) in [7, 11) is 0. The van der Waals surface area contributed by atoms with Gasteiger partial charge in [0.15, 0.2) is 0 Å². The highest BCUT2D eigenvalue weighted by atomic mass is 19.4. The summed E-state index contributed by atoms with van der Waals surface area (Å²) in [4.78, 5) is 32.9. The van der Waals surface area contributed by atoms with E-state index in [1.54, 1.807) is 19.9 Å². The lowest BCUT2D eigenvalue weighted by Gasteiger charge is -2.13. The van der Waals surface area contributed by atoms with Crippen LogP contribution >= 0.6 is 0 Å². The summed E-state index contributed by atoms with van der Waals surface area (Å²) in [5, 5.41) is 5.10. The number of nitrogen functional groups attached to an aromatic ring is 1. The molecule has 0 bridgehead atoms. The number of nitrogens with one attached hydrogen (secondary N) is 2. The Balaban J connectivity index is 0.00000187. The molecule has 4 N–H and O–H groups in total. The Bertz CT molecular complexity index is 1160. The molecule has 2 aromatic carbocycles. The van der Waals surface area contributed by atoms with E-state index >= 15 is 0 Å². The first kappa shape index (κ1) is 25.3. The molecule has 2 amide bonds. The summed E-state index contributed by atoms with van der Waals surface area (Å²) in [5.41, 5.74) is 6.49. The van der Waals surface area contributed by atoms with Gasteiger partial charge in [0.25, 0.3) is 11.8 Å². The van der Waals surface area contributed by atoms with Crippen molar-refractivity contribution in [2.24, 2.45) is 0 Å². The lowest BCUT2D eigenvalue weighted by molar-refractivity contribution is -0.137. The molecule has 0 atom stereocenters. The van der Waals surface area contributed by atoms with Gasteiger partial charge in [-0.25, -0.2) is 9.97 Å². The molecule has 0 radical (unpaired) electrons. The van der Waals surface area contributed by atoms with Gasteiger partial charge in [-0.2, -0.15) is 13.2 Å². The number of carbonyl (C=O) groups excluding carboxylic acids is 2. The molecule has 0 saturated heterocycles. The van der Waals surface area contributed by atoms with Crippen molar-refractivity contribution < 1.29 is 22.8 Å². The topological polar surface area (TPSA) is 110 Å². The van der Waals surface area contributed by atoms with E-state index in [-0.39, 0.29) is 22.8 Å². The highest BCUT2D eigenvalue weighted by Gasteiger charge is 2.30. The third-order valence-corrected chi connectivity index (χ3v) is 4.53. The molecule has 10 heteroatoms. The van der Waals surface area contributed by atoms with Crippen LogP contribution in [0.15, 0.2) is 48.8 Å². The minimum absolute atomic E-state index is 0.00179. The Labute approximate surface area is 189 Å². The van der Waals surface area contributed by atoms with E-state index in [1.807, 2.05) is 13.8 Å². The SMILES string of the molecule is CC.Cc1ccc(C(=O)Nc2cccc(C(F)(F)F)c2)cc1NC(=O)c1ncnc(N)c1C. The first-order valence-corrected chi connectivity index (χ1v) is 10.0. The van der Waals surface area contributed by atoms with Crippen molar-refractivity contribution in [1.29, 1.82) is 0 Å². The van der Waals surface area contributed by atoms with Crippen molar-refractivity contribution in [3.63, 3.8) is 0 Å². The van der Waals surface area contributed by atoms with Crippen LogP contribution in [0.5, 0.6) is 0 Å². The quantitative estimate of drug-likeness (QED) is 0.495. The van der Waals surface area contributed by atoms with E-state index in [9.17, 15) is 22.8 Å². The summed E-state index contributed by atoms with van der Waals surface area (Å²) in [6.07, 6.45) is -3.35. The first-order valence-electron chi connectivity index (χ1n) is 10.0. The summed E-state index contributed by atoms with van der Waals surface area (Å²) in [6.45, 7) is 7.33. The Kier molecular flexibility index (Phi) is 8.11. The fourth-order valence-electron chi connectivity index (χ4n) is 2.75. The van der Waals surface area contributed by atoms with E-state index in [0.717, 1.165) is 12.1 Å². The Hall–Kier alpha value is -3.95. The zero-order chi connectivity index (χ0) is 24.8. The summed E-state index contributed by atoms with van der Waals surface area (Å²) >= 11 is 0. The number of rotatable bonds is 4. The second-order valence-electron chi connectivity index (χ2n) is 6.75. The second-order valence-corrected chi connectivity index (χ2v) is 6.75. The number of amides is 2. The van der Waals surface area contributed by atoms with Gasteiger partial charge >= 0.3 is 6.18 Å². The van der Waals surface area contributed by atoms with E-state index in [1.165, 1.54) is 30.6 Å². The highest BCUT2D eigenvalue weighted by molar-refractivity contribution is 6.07. The maximum atomic E-state index is 12.9. The zero-order valence-electron chi connectivity index (χ0n) is 18.5. The van der Waals surface area contributed by atoms with Gasteiger partial charge in [0.05, 0.1) is 5.56 Å². The second kappa shape index (κ2) is 10.6. The van der Waals surface area contributed by atoms with Gasteiger partial charge in [0.1, 0.15) is 17.8 Å². The summed E-state index contributed by atoms with van der Waals surface area (Å²) < 4.78 is 38.6. The zero-order valence-corrected chi connectivity index (χ0v) is 18.5. The normalized spacial score (nSPS) is 10.6. The lowest BCUT2D eigenvalue weighted by atomic mass is 10.1. The maximum Gasteiger partial charge on any atom is 0.416 e.